The van der Waals surface area contributed by atoms with Gasteiger partial charge < -0.3 is 10.1 Å². The largest absolute Gasteiger partial charge is 0.494 e. The summed E-state index contributed by atoms with van der Waals surface area (Å²) in [5.41, 5.74) is 1.01. The highest BCUT2D eigenvalue weighted by atomic mass is 19.1. The van der Waals surface area contributed by atoms with E-state index in [4.69, 9.17) is 9.84 Å². The maximum absolute atomic E-state index is 13.9. The van der Waals surface area contributed by atoms with Crippen molar-refractivity contribution in [2.45, 2.75) is 45.6 Å². The third-order valence-corrected chi connectivity index (χ3v) is 6.12. The number of pyridine rings is 1. The fourth-order valence-corrected chi connectivity index (χ4v) is 4.29. The molecule has 1 N–H and O–H groups in total. The molecule has 0 saturated heterocycles. The van der Waals surface area contributed by atoms with Gasteiger partial charge in [-0.05, 0) is 55.7 Å². The maximum atomic E-state index is 13.9. The van der Waals surface area contributed by atoms with E-state index in [0.29, 0.717) is 17.5 Å². The molecule has 2 heterocycles. The van der Waals surface area contributed by atoms with Crippen molar-refractivity contribution >= 4 is 22.5 Å². The number of nitrogens with zero attached hydrogens (tertiary/aromatic N) is 3. The first kappa shape index (κ1) is 20.3. The van der Waals surface area contributed by atoms with E-state index in [9.17, 15) is 9.18 Å². The van der Waals surface area contributed by atoms with Crippen molar-refractivity contribution in [1.82, 2.24) is 14.8 Å². The van der Waals surface area contributed by atoms with Gasteiger partial charge in [0.15, 0.2) is 11.5 Å². The quantitative estimate of drug-likeness (QED) is 0.626. The second kappa shape index (κ2) is 8.42. The summed E-state index contributed by atoms with van der Waals surface area (Å²) in [6.07, 6.45) is 8.09. The lowest BCUT2D eigenvalue weighted by molar-refractivity contribution is 0.101. The second-order valence-electron chi connectivity index (χ2n) is 8.32. The minimum absolute atomic E-state index is 0.253. The summed E-state index contributed by atoms with van der Waals surface area (Å²) in [4.78, 5) is 16.3. The Hall–Kier alpha value is -2.96. The maximum Gasteiger partial charge on any atom is 0.277 e. The molecule has 1 aliphatic rings. The molecule has 1 amide bonds. The molecule has 0 aliphatic heterocycles. The van der Waals surface area contributed by atoms with Crippen molar-refractivity contribution in [3.63, 3.8) is 0 Å². The summed E-state index contributed by atoms with van der Waals surface area (Å²) in [5, 5.41) is 8.37. The summed E-state index contributed by atoms with van der Waals surface area (Å²) >= 11 is 0. The van der Waals surface area contributed by atoms with Crippen molar-refractivity contribution in [2.75, 3.05) is 12.4 Å². The fourth-order valence-electron chi connectivity index (χ4n) is 4.29. The van der Waals surface area contributed by atoms with Gasteiger partial charge in [-0.25, -0.2) is 9.37 Å². The Morgan fingerprint density at radius 3 is 2.70 bits per heavy atom. The minimum Gasteiger partial charge on any atom is -0.494 e. The Kier molecular flexibility index (Phi) is 5.70. The molecule has 0 unspecified atom stereocenters. The predicted octanol–water partition coefficient (Wildman–Crippen LogP) is 5.22. The Bertz CT molecular complexity index is 1050. The smallest absolute Gasteiger partial charge is 0.277 e. The van der Waals surface area contributed by atoms with Crippen molar-refractivity contribution in [2.24, 2.45) is 11.8 Å². The van der Waals surface area contributed by atoms with Crippen LogP contribution in [0.25, 0.3) is 10.9 Å². The van der Waals surface area contributed by atoms with E-state index in [2.05, 4.69) is 24.1 Å². The lowest BCUT2D eigenvalue weighted by Gasteiger charge is -2.30. The number of hydrogen-bond acceptors (Lipinski definition) is 4. The zero-order chi connectivity index (χ0) is 21.3. The molecule has 0 radical (unpaired) electrons. The SMILES string of the molecule is COc1cc2nn(C3CCC(C(C)C)CC3)cc2cc1NC(=O)c1ncccc1F. The van der Waals surface area contributed by atoms with Gasteiger partial charge in [-0.2, -0.15) is 5.10 Å². The number of methoxy groups -OCH3 is 1. The molecule has 0 atom stereocenters. The molecular weight excluding hydrogens is 383 g/mol. The molecule has 1 aliphatic carbocycles. The number of benzene rings is 1. The molecule has 158 valence electrons. The molecular formula is C23H27FN4O2. The summed E-state index contributed by atoms with van der Waals surface area (Å²) in [6, 6.07) is 6.66. The topological polar surface area (TPSA) is 69.0 Å². The fraction of sp³-hybridized carbons (Fsp3) is 0.435. The van der Waals surface area contributed by atoms with Crippen LogP contribution in [0.15, 0.2) is 36.7 Å². The van der Waals surface area contributed by atoms with Gasteiger partial charge in [-0.3, -0.25) is 9.48 Å². The van der Waals surface area contributed by atoms with E-state index in [0.717, 1.165) is 35.6 Å². The normalized spacial score (nSPS) is 19.2. The molecule has 2 aromatic heterocycles. The number of amides is 1. The molecule has 1 saturated carbocycles. The van der Waals surface area contributed by atoms with Gasteiger partial charge in [0, 0.05) is 23.8 Å². The lowest BCUT2D eigenvalue weighted by Crippen LogP contribution is -2.21. The van der Waals surface area contributed by atoms with Crippen LogP contribution in [0.4, 0.5) is 10.1 Å². The highest BCUT2D eigenvalue weighted by Crippen LogP contribution is 2.37. The van der Waals surface area contributed by atoms with E-state index in [1.165, 1.54) is 38.3 Å². The number of anilines is 1. The average Bonchev–Trinajstić information content (AvgIpc) is 3.16. The van der Waals surface area contributed by atoms with E-state index in [1.54, 1.807) is 6.07 Å². The first-order valence-corrected chi connectivity index (χ1v) is 10.4. The van der Waals surface area contributed by atoms with E-state index >= 15 is 0 Å². The Morgan fingerprint density at radius 1 is 1.27 bits per heavy atom. The summed E-state index contributed by atoms with van der Waals surface area (Å²) in [5.74, 6) is 0.702. The first-order chi connectivity index (χ1) is 14.5. The molecule has 6 nitrogen and oxygen atoms in total. The summed E-state index contributed by atoms with van der Waals surface area (Å²) in [7, 11) is 1.53. The predicted molar refractivity (Wildman–Crippen MR) is 114 cm³/mol. The zero-order valence-corrected chi connectivity index (χ0v) is 17.6. The first-order valence-electron chi connectivity index (χ1n) is 10.4. The van der Waals surface area contributed by atoms with Gasteiger partial charge in [0.25, 0.3) is 5.91 Å². The van der Waals surface area contributed by atoms with Crippen LogP contribution in [-0.2, 0) is 0 Å². The van der Waals surface area contributed by atoms with Crippen LogP contribution in [0, 0.1) is 17.7 Å². The molecule has 4 rings (SSSR count). The number of halogens is 1. The van der Waals surface area contributed by atoms with Gasteiger partial charge in [0.1, 0.15) is 5.75 Å². The molecule has 3 aromatic rings. The Morgan fingerprint density at radius 2 is 2.03 bits per heavy atom. The van der Waals surface area contributed by atoms with Crippen LogP contribution in [0.5, 0.6) is 5.75 Å². The van der Waals surface area contributed by atoms with Crippen LogP contribution >= 0.6 is 0 Å². The number of rotatable bonds is 5. The molecule has 30 heavy (non-hydrogen) atoms. The third kappa shape index (κ3) is 4.01. The van der Waals surface area contributed by atoms with E-state index in [1.807, 2.05) is 16.9 Å². The summed E-state index contributed by atoms with van der Waals surface area (Å²) < 4.78 is 21.4. The van der Waals surface area contributed by atoms with Crippen molar-refractivity contribution in [3.05, 3.63) is 48.2 Å². The van der Waals surface area contributed by atoms with Gasteiger partial charge in [-0.15, -0.1) is 0 Å². The van der Waals surface area contributed by atoms with Crippen molar-refractivity contribution in [3.8, 4) is 5.75 Å². The molecule has 1 aromatic carbocycles. The van der Waals surface area contributed by atoms with Crippen LogP contribution in [0.3, 0.4) is 0 Å². The summed E-state index contributed by atoms with van der Waals surface area (Å²) in [6.45, 7) is 4.60. The molecule has 0 bridgehead atoms. The lowest BCUT2D eigenvalue weighted by atomic mass is 9.80. The highest BCUT2D eigenvalue weighted by molar-refractivity contribution is 6.05. The number of carbonyl (C=O) groups is 1. The van der Waals surface area contributed by atoms with Crippen molar-refractivity contribution < 1.29 is 13.9 Å². The third-order valence-electron chi connectivity index (χ3n) is 6.12. The van der Waals surface area contributed by atoms with Crippen LogP contribution < -0.4 is 10.1 Å². The Labute approximate surface area is 175 Å². The highest BCUT2D eigenvalue weighted by Gasteiger charge is 2.25. The van der Waals surface area contributed by atoms with Gasteiger partial charge >= 0.3 is 0 Å². The van der Waals surface area contributed by atoms with Crippen LogP contribution in [0.1, 0.15) is 56.1 Å². The molecule has 1 fully saturated rings. The standard InChI is InChI=1S/C23H27FN4O2/c1-14(2)15-6-8-17(9-7-15)28-13-16-11-20(21(30-3)12-19(16)27-28)26-23(29)22-18(24)5-4-10-25-22/h4-5,10-15,17H,6-9H2,1-3H3,(H,26,29). The van der Waals surface area contributed by atoms with Crippen LogP contribution in [0.2, 0.25) is 0 Å². The van der Waals surface area contributed by atoms with Crippen LogP contribution in [-0.4, -0.2) is 27.8 Å². The number of nitrogens with one attached hydrogen (secondary N) is 1. The Balaban J connectivity index is 1.58. The minimum atomic E-state index is -0.667. The van der Waals surface area contributed by atoms with Crippen molar-refractivity contribution in [1.29, 1.82) is 0 Å². The number of fused-ring (bicyclic) bond motifs is 1. The zero-order valence-electron chi connectivity index (χ0n) is 17.6. The van der Waals surface area contributed by atoms with E-state index < -0.39 is 11.7 Å². The second-order valence-corrected chi connectivity index (χ2v) is 8.32. The van der Waals surface area contributed by atoms with Gasteiger partial charge in [0.2, 0.25) is 0 Å². The average molecular weight is 410 g/mol. The van der Waals surface area contributed by atoms with E-state index in [-0.39, 0.29) is 5.69 Å². The van der Waals surface area contributed by atoms with Gasteiger partial charge in [0.05, 0.1) is 24.4 Å². The number of carbonyl (C=O) groups excluding carboxylic acids is 1. The van der Waals surface area contributed by atoms with Gasteiger partial charge in [-0.1, -0.05) is 13.8 Å². The molecule has 7 heteroatoms. The molecule has 0 spiro atoms. The monoisotopic (exact) mass is 410 g/mol. The number of hydrogen-bond donors (Lipinski definition) is 1. The number of aromatic nitrogens is 3. The number of ether oxygens (including phenoxy) is 1.